The number of hydrogen-bond donors (Lipinski definition) is 0. The Balaban J connectivity index is 0.000000686. The molecule has 2 rings (SSSR count). The smallest absolute Gasteiger partial charge is 0.272 e. The van der Waals surface area contributed by atoms with Gasteiger partial charge in [0.25, 0.3) is 5.92 Å². The maximum absolute atomic E-state index is 13.0. The molecule has 0 N–H and O–H groups in total. The highest BCUT2D eigenvalue weighted by Crippen LogP contribution is 2.28. The van der Waals surface area contributed by atoms with Gasteiger partial charge in [-0.05, 0) is 30.2 Å². The van der Waals surface area contributed by atoms with Crippen molar-refractivity contribution in [3.8, 4) is 0 Å². The third kappa shape index (κ3) is 4.04. The molecule has 1 aromatic carbocycles. The molecule has 0 amide bonds. The Morgan fingerprint density at radius 2 is 1.76 bits per heavy atom. The molecule has 1 saturated heterocycles. The molecule has 0 aromatic heterocycles. The summed E-state index contributed by atoms with van der Waals surface area (Å²) < 4.78 is 38.1. The molecule has 4 heteroatoms. The molecule has 1 aromatic rings. The van der Waals surface area contributed by atoms with Gasteiger partial charge < -0.3 is 0 Å². The van der Waals surface area contributed by atoms with Crippen LogP contribution in [0.3, 0.4) is 0 Å². The molecule has 1 heterocycles. The molecule has 0 radical (unpaired) electrons. The maximum Gasteiger partial charge on any atom is 0.272 e. The predicted molar refractivity (Wildman–Crippen MR) is 62.7 cm³/mol. The highest BCUT2D eigenvalue weighted by atomic mass is 19.3. The number of aryl methyl sites for hydroxylation is 1. The summed E-state index contributed by atoms with van der Waals surface area (Å²) in [7, 11) is 0. The minimum Gasteiger partial charge on any atom is -0.287 e. The maximum atomic E-state index is 13.0. The first-order chi connectivity index (χ1) is 7.94. The Hall–Kier alpha value is -1.03. The first kappa shape index (κ1) is 14.0. The summed E-state index contributed by atoms with van der Waals surface area (Å²) in [6, 6.07) is 4.64. The number of rotatable bonds is 2. The molecule has 96 valence electrons. The second-order valence-corrected chi connectivity index (χ2v) is 4.14. The van der Waals surface area contributed by atoms with Crippen LogP contribution in [0.1, 0.15) is 25.0 Å². The van der Waals surface area contributed by atoms with Gasteiger partial charge in [-0.3, -0.25) is 4.90 Å². The molecule has 0 bridgehead atoms. The van der Waals surface area contributed by atoms with Crippen molar-refractivity contribution in [1.29, 1.82) is 0 Å². The summed E-state index contributed by atoms with van der Waals surface area (Å²) in [5, 5.41) is 0. The Kier molecular flexibility index (Phi) is 4.57. The minimum atomic E-state index is -2.55. The molecular weight excluding hydrogens is 227 g/mol. The summed E-state index contributed by atoms with van der Waals surface area (Å²) in [5.74, 6) is -2.86. The number of hydrogen-bond acceptors (Lipinski definition) is 1. The Morgan fingerprint density at radius 1 is 1.18 bits per heavy atom. The number of benzene rings is 1. The van der Waals surface area contributed by atoms with Crippen LogP contribution in [0.15, 0.2) is 18.2 Å². The second-order valence-electron chi connectivity index (χ2n) is 4.14. The summed E-state index contributed by atoms with van der Waals surface area (Å²) >= 11 is 0. The molecule has 0 spiro atoms. The van der Waals surface area contributed by atoms with Crippen LogP contribution in [0.4, 0.5) is 13.2 Å². The van der Waals surface area contributed by atoms with Gasteiger partial charge in [-0.2, -0.15) is 0 Å². The highest BCUT2D eigenvalue weighted by molar-refractivity contribution is 5.23. The van der Waals surface area contributed by atoms with E-state index >= 15 is 0 Å². The van der Waals surface area contributed by atoms with Gasteiger partial charge >= 0.3 is 0 Å². The first-order valence-corrected chi connectivity index (χ1v) is 5.81. The van der Waals surface area contributed by atoms with Crippen molar-refractivity contribution in [3.05, 3.63) is 35.1 Å². The number of nitrogens with zero attached hydrogens (tertiary/aromatic N) is 1. The lowest BCUT2D eigenvalue weighted by Crippen LogP contribution is -2.55. The molecule has 17 heavy (non-hydrogen) atoms. The second kappa shape index (κ2) is 5.54. The van der Waals surface area contributed by atoms with Crippen LogP contribution in [0.2, 0.25) is 0 Å². The Morgan fingerprint density at radius 3 is 2.24 bits per heavy atom. The van der Waals surface area contributed by atoms with Gasteiger partial charge in [0.2, 0.25) is 0 Å². The zero-order chi connectivity index (χ0) is 13.1. The molecule has 0 unspecified atom stereocenters. The monoisotopic (exact) mass is 245 g/mol. The van der Waals surface area contributed by atoms with Crippen LogP contribution >= 0.6 is 0 Å². The van der Waals surface area contributed by atoms with Crippen molar-refractivity contribution in [1.82, 2.24) is 4.90 Å². The van der Waals surface area contributed by atoms with Gasteiger partial charge in [0.15, 0.2) is 0 Å². The van der Waals surface area contributed by atoms with Gasteiger partial charge in [-0.1, -0.05) is 19.9 Å². The van der Waals surface area contributed by atoms with E-state index in [1.165, 1.54) is 12.1 Å². The highest BCUT2D eigenvalue weighted by Gasteiger charge is 2.43. The lowest BCUT2D eigenvalue weighted by molar-refractivity contribution is -0.133. The van der Waals surface area contributed by atoms with Crippen molar-refractivity contribution < 1.29 is 13.2 Å². The quantitative estimate of drug-likeness (QED) is 0.769. The van der Waals surface area contributed by atoms with E-state index in [0.717, 1.165) is 11.1 Å². The van der Waals surface area contributed by atoms with E-state index in [1.54, 1.807) is 11.8 Å². The van der Waals surface area contributed by atoms with Crippen LogP contribution in [0.5, 0.6) is 0 Å². The van der Waals surface area contributed by atoms with E-state index < -0.39 is 5.92 Å². The van der Waals surface area contributed by atoms with Gasteiger partial charge in [0.1, 0.15) is 5.82 Å². The SMILES string of the molecule is CC.Cc1cc(F)cc(CN2CC(F)(F)C2)c1. The Labute approximate surface area is 100 Å². The van der Waals surface area contributed by atoms with Crippen molar-refractivity contribution in [2.24, 2.45) is 0 Å². The van der Waals surface area contributed by atoms with E-state index in [0.29, 0.717) is 6.54 Å². The third-order valence-corrected chi connectivity index (χ3v) is 2.42. The van der Waals surface area contributed by atoms with E-state index in [4.69, 9.17) is 0 Å². The van der Waals surface area contributed by atoms with Crippen LogP contribution in [-0.2, 0) is 6.54 Å². The number of halogens is 3. The molecule has 1 aliphatic rings. The van der Waals surface area contributed by atoms with Crippen LogP contribution < -0.4 is 0 Å². The van der Waals surface area contributed by atoms with E-state index in [-0.39, 0.29) is 18.9 Å². The van der Waals surface area contributed by atoms with Crippen molar-refractivity contribution in [3.63, 3.8) is 0 Å². The average molecular weight is 245 g/mol. The molecule has 0 atom stereocenters. The fourth-order valence-electron chi connectivity index (χ4n) is 1.88. The predicted octanol–water partition coefficient (Wildman–Crippen LogP) is 3.61. The van der Waals surface area contributed by atoms with E-state index in [1.807, 2.05) is 19.9 Å². The number of likely N-dealkylation sites (tertiary alicyclic amines) is 1. The molecule has 1 aliphatic heterocycles. The largest absolute Gasteiger partial charge is 0.287 e. The van der Waals surface area contributed by atoms with Gasteiger partial charge in [0, 0.05) is 6.54 Å². The van der Waals surface area contributed by atoms with Crippen LogP contribution in [0, 0.1) is 12.7 Å². The van der Waals surface area contributed by atoms with Gasteiger partial charge in [0.05, 0.1) is 13.1 Å². The summed E-state index contributed by atoms with van der Waals surface area (Å²) in [4.78, 5) is 1.61. The lowest BCUT2D eigenvalue weighted by atomic mass is 10.1. The van der Waals surface area contributed by atoms with E-state index in [9.17, 15) is 13.2 Å². The Bertz CT molecular complexity index is 349. The zero-order valence-corrected chi connectivity index (χ0v) is 10.4. The molecule has 0 aliphatic carbocycles. The molecule has 1 fully saturated rings. The summed E-state index contributed by atoms with van der Waals surface area (Å²) in [5.41, 5.74) is 1.57. The summed E-state index contributed by atoms with van der Waals surface area (Å²) in [6.07, 6.45) is 0. The number of alkyl halides is 2. The normalized spacial score (nSPS) is 18.0. The molecule has 1 nitrogen and oxygen atoms in total. The van der Waals surface area contributed by atoms with Crippen LogP contribution in [-0.4, -0.2) is 23.9 Å². The third-order valence-electron chi connectivity index (χ3n) is 2.42. The van der Waals surface area contributed by atoms with Gasteiger partial charge in [-0.25, -0.2) is 13.2 Å². The summed E-state index contributed by atoms with van der Waals surface area (Å²) in [6.45, 7) is 5.75. The lowest BCUT2D eigenvalue weighted by Gasteiger charge is -2.38. The fraction of sp³-hybridized carbons (Fsp3) is 0.538. The van der Waals surface area contributed by atoms with Gasteiger partial charge in [-0.15, -0.1) is 0 Å². The average Bonchev–Trinajstić information content (AvgIpc) is 2.16. The molecular formula is C13H18F3N. The minimum absolute atomic E-state index is 0.220. The standard InChI is InChI=1S/C11H12F3N.C2H6/c1-8-2-9(4-10(12)3-8)5-15-6-11(13,14)7-15;1-2/h2-4H,5-7H2,1H3;1-2H3. The van der Waals surface area contributed by atoms with E-state index in [2.05, 4.69) is 0 Å². The zero-order valence-electron chi connectivity index (χ0n) is 10.4. The van der Waals surface area contributed by atoms with Crippen molar-refractivity contribution in [2.45, 2.75) is 33.2 Å². The van der Waals surface area contributed by atoms with Crippen molar-refractivity contribution in [2.75, 3.05) is 13.1 Å². The van der Waals surface area contributed by atoms with Crippen molar-refractivity contribution >= 4 is 0 Å². The van der Waals surface area contributed by atoms with Crippen LogP contribution in [0.25, 0.3) is 0 Å². The topological polar surface area (TPSA) is 3.24 Å². The first-order valence-electron chi connectivity index (χ1n) is 5.81. The molecule has 0 saturated carbocycles. The fourth-order valence-corrected chi connectivity index (χ4v) is 1.88.